The summed E-state index contributed by atoms with van der Waals surface area (Å²) < 4.78 is 29.4. The summed E-state index contributed by atoms with van der Waals surface area (Å²) in [5.74, 6) is 0.125. The first-order valence-electron chi connectivity index (χ1n) is 13.2. The molecule has 39 heavy (non-hydrogen) atoms. The molecule has 7 nitrogen and oxygen atoms in total. The van der Waals surface area contributed by atoms with Crippen molar-refractivity contribution in [1.82, 2.24) is 14.3 Å². The van der Waals surface area contributed by atoms with E-state index in [2.05, 4.69) is 18.0 Å². The molecule has 0 aliphatic rings. The minimum atomic E-state index is -3.69. The molecule has 0 bridgehead atoms. The number of carbonyl (C=O) groups is 1. The Morgan fingerprint density at radius 1 is 0.923 bits per heavy atom. The third-order valence-corrected chi connectivity index (χ3v) is 9.28. The monoisotopic (exact) mass is 564 g/mol. The second kappa shape index (κ2) is 11.9. The Morgan fingerprint density at radius 2 is 1.56 bits per heavy atom. The zero-order valence-corrected chi connectivity index (χ0v) is 25.0. The van der Waals surface area contributed by atoms with E-state index in [9.17, 15) is 13.2 Å². The van der Waals surface area contributed by atoms with E-state index in [0.29, 0.717) is 23.8 Å². The normalized spacial score (nSPS) is 12.1. The molecule has 0 saturated heterocycles. The fraction of sp³-hybridized carbons (Fsp3) is 0.367. The molecule has 0 aliphatic heterocycles. The number of hydrogen-bond acceptors (Lipinski definition) is 6. The number of carbonyl (C=O) groups excluding carboxylic acids is 1. The van der Waals surface area contributed by atoms with Crippen LogP contribution in [-0.4, -0.2) is 41.7 Å². The van der Waals surface area contributed by atoms with Crippen molar-refractivity contribution >= 4 is 42.6 Å². The molecule has 2 aromatic carbocycles. The molecule has 9 heteroatoms. The van der Waals surface area contributed by atoms with Gasteiger partial charge in [-0.1, -0.05) is 45.1 Å². The van der Waals surface area contributed by atoms with Gasteiger partial charge < -0.3 is 0 Å². The predicted molar refractivity (Wildman–Crippen MR) is 159 cm³/mol. The van der Waals surface area contributed by atoms with Crippen LogP contribution in [0.3, 0.4) is 0 Å². The molecular formula is C30H36N4O3S2. The fourth-order valence-corrected chi connectivity index (χ4v) is 7.13. The molecule has 0 unspecified atom stereocenters. The zero-order chi connectivity index (χ0) is 28.3. The van der Waals surface area contributed by atoms with Crippen LogP contribution in [0.2, 0.25) is 0 Å². The molecule has 4 rings (SSSR count). The number of rotatable bonds is 10. The van der Waals surface area contributed by atoms with Gasteiger partial charge in [-0.25, -0.2) is 13.4 Å². The summed E-state index contributed by atoms with van der Waals surface area (Å²) in [5, 5.41) is 0.572. The second-order valence-electron chi connectivity index (χ2n) is 10.7. The van der Waals surface area contributed by atoms with Crippen molar-refractivity contribution in [3.63, 3.8) is 0 Å². The van der Waals surface area contributed by atoms with E-state index in [4.69, 9.17) is 4.98 Å². The van der Waals surface area contributed by atoms with E-state index >= 15 is 0 Å². The minimum Gasteiger partial charge on any atom is -0.278 e. The Kier molecular flexibility index (Phi) is 8.83. The molecular weight excluding hydrogens is 528 g/mol. The Bertz CT molecular complexity index is 1500. The first kappa shape index (κ1) is 28.9. The van der Waals surface area contributed by atoms with Gasteiger partial charge in [-0.15, -0.1) is 0 Å². The lowest BCUT2D eigenvalue weighted by Crippen LogP contribution is -2.37. The summed E-state index contributed by atoms with van der Waals surface area (Å²) in [6.07, 6.45) is 1.70. The SMILES string of the molecule is Cc1cc2nc(N(Cc3ccccn3)C(=O)c3ccc(S(=O)(=O)N(CC(C)C)CC(C)C)cc3)sc2cc1C. The van der Waals surface area contributed by atoms with E-state index < -0.39 is 10.0 Å². The maximum Gasteiger partial charge on any atom is 0.260 e. The number of amides is 1. The van der Waals surface area contributed by atoms with Gasteiger partial charge in [0.1, 0.15) is 0 Å². The van der Waals surface area contributed by atoms with Gasteiger partial charge in [0.05, 0.1) is 27.4 Å². The number of sulfonamides is 1. The lowest BCUT2D eigenvalue weighted by Gasteiger charge is -2.26. The summed E-state index contributed by atoms with van der Waals surface area (Å²) in [5.41, 5.74) is 4.27. The van der Waals surface area contributed by atoms with Crippen LogP contribution in [0.1, 0.15) is 54.9 Å². The molecule has 1 amide bonds. The molecule has 0 aliphatic carbocycles. The highest BCUT2D eigenvalue weighted by molar-refractivity contribution is 7.89. The van der Waals surface area contributed by atoms with Crippen LogP contribution in [-0.2, 0) is 16.6 Å². The van der Waals surface area contributed by atoms with Gasteiger partial charge in [-0.05, 0) is 85.3 Å². The number of pyridine rings is 1. The average Bonchev–Trinajstić information content (AvgIpc) is 3.29. The van der Waals surface area contributed by atoms with E-state index in [1.807, 2.05) is 58.9 Å². The van der Waals surface area contributed by atoms with E-state index in [1.165, 1.54) is 33.3 Å². The van der Waals surface area contributed by atoms with Gasteiger partial charge in [0.15, 0.2) is 5.13 Å². The molecule has 0 radical (unpaired) electrons. The highest BCUT2D eigenvalue weighted by Gasteiger charge is 2.27. The average molecular weight is 565 g/mol. The van der Waals surface area contributed by atoms with Crippen LogP contribution in [0.5, 0.6) is 0 Å². The van der Waals surface area contributed by atoms with Crippen molar-refractivity contribution in [1.29, 1.82) is 0 Å². The maximum absolute atomic E-state index is 13.9. The summed E-state index contributed by atoms with van der Waals surface area (Å²) in [7, 11) is -3.69. The number of hydrogen-bond donors (Lipinski definition) is 0. The van der Waals surface area contributed by atoms with Crippen molar-refractivity contribution < 1.29 is 13.2 Å². The van der Waals surface area contributed by atoms with Gasteiger partial charge in [0, 0.05) is 24.8 Å². The van der Waals surface area contributed by atoms with Crippen molar-refractivity contribution in [3.8, 4) is 0 Å². The zero-order valence-electron chi connectivity index (χ0n) is 23.4. The Balaban J connectivity index is 1.68. The van der Waals surface area contributed by atoms with Crippen molar-refractivity contribution in [2.75, 3.05) is 18.0 Å². The Labute approximate surface area is 235 Å². The van der Waals surface area contributed by atoms with Crippen molar-refractivity contribution in [3.05, 3.63) is 83.2 Å². The first-order valence-corrected chi connectivity index (χ1v) is 15.4. The summed E-state index contributed by atoms with van der Waals surface area (Å²) in [6.45, 7) is 13.3. The standard InChI is InChI=1S/C30H36N4O3S2/c1-20(2)17-33(18-21(3)4)39(36,37)26-12-10-24(11-13-26)29(35)34(19-25-9-7-8-14-31-25)30-32-27-15-22(5)23(6)16-28(27)38-30/h7-16,20-21H,17-19H2,1-6H3. The minimum absolute atomic E-state index is 0.183. The van der Waals surface area contributed by atoms with Crippen LogP contribution < -0.4 is 4.90 Å². The molecule has 4 aromatic rings. The molecule has 0 fully saturated rings. The van der Waals surface area contributed by atoms with Crippen LogP contribution in [0.15, 0.2) is 65.7 Å². The number of nitrogens with zero attached hydrogens (tertiary/aromatic N) is 4. The predicted octanol–water partition coefficient (Wildman–Crippen LogP) is 6.46. The van der Waals surface area contributed by atoms with Crippen LogP contribution in [0.25, 0.3) is 10.2 Å². The fourth-order valence-electron chi connectivity index (χ4n) is 4.32. The number of aromatic nitrogens is 2. The molecule has 0 saturated carbocycles. The summed E-state index contributed by atoms with van der Waals surface area (Å²) in [4.78, 5) is 24.8. The summed E-state index contributed by atoms with van der Waals surface area (Å²) in [6, 6.07) is 15.9. The van der Waals surface area contributed by atoms with Gasteiger partial charge in [-0.3, -0.25) is 14.7 Å². The smallest absolute Gasteiger partial charge is 0.260 e. The number of fused-ring (bicyclic) bond motifs is 1. The number of aryl methyl sites for hydroxylation is 2. The van der Waals surface area contributed by atoms with Gasteiger partial charge in [-0.2, -0.15) is 4.31 Å². The molecule has 0 N–H and O–H groups in total. The quantitative estimate of drug-likeness (QED) is 0.221. The van der Waals surface area contributed by atoms with E-state index in [0.717, 1.165) is 21.5 Å². The van der Waals surface area contributed by atoms with Crippen LogP contribution in [0, 0.1) is 25.7 Å². The van der Waals surface area contributed by atoms with E-state index in [1.54, 1.807) is 23.2 Å². The largest absolute Gasteiger partial charge is 0.278 e. The lowest BCUT2D eigenvalue weighted by molar-refractivity contribution is 0.0984. The Morgan fingerprint density at radius 3 is 2.15 bits per heavy atom. The van der Waals surface area contributed by atoms with Gasteiger partial charge in [0.2, 0.25) is 10.0 Å². The van der Waals surface area contributed by atoms with Crippen LogP contribution in [0.4, 0.5) is 5.13 Å². The summed E-state index contributed by atoms with van der Waals surface area (Å²) >= 11 is 1.46. The number of thiazole rings is 1. The second-order valence-corrected chi connectivity index (χ2v) is 13.7. The number of benzene rings is 2. The molecule has 0 spiro atoms. The van der Waals surface area contributed by atoms with Crippen molar-refractivity contribution in [2.24, 2.45) is 11.8 Å². The highest BCUT2D eigenvalue weighted by atomic mass is 32.2. The van der Waals surface area contributed by atoms with E-state index in [-0.39, 0.29) is 29.2 Å². The molecule has 206 valence electrons. The maximum atomic E-state index is 13.9. The Hall–Kier alpha value is -3.14. The molecule has 2 aromatic heterocycles. The van der Waals surface area contributed by atoms with Crippen LogP contribution >= 0.6 is 11.3 Å². The highest BCUT2D eigenvalue weighted by Crippen LogP contribution is 2.32. The molecule has 0 atom stereocenters. The first-order chi connectivity index (χ1) is 18.5. The molecule has 2 heterocycles. The van der Waals surface area contributed by atoms with Gasteiger partial charge >= 0.3 is 0 Å². The van der Waals surface area contributed by atoms with Gasteiger partial charge in [0.25, 0.3) is 5.91 Å². The van der Waals surface area contributed by atoms with Crippen molar-refractivity contribution in [2.45, 2.75) is 53.0 Å². The third kappa shape index (κ3) is 6.72. The third-order valence-electron chi connectivity index (χ3n) is 6.39. The topological polar surface area (TPSA) is 83.5 Å². The lowest BCUT2D eigenvalue weighted by atomic mass is 10.1. The number of anilines is 1.